The number of allylic oxidation sites excluding steroid dienone is 2. The van der Waals surface area contributed by atoms with Crippen LogP contribution < -0.4 is 9.47 Å². The van der Waals surface area contributed by atoms with Gasteiger partial charge in [-0.15, -0.1) is 0 Å². The van der Waals surface area contributed by atoms with Crippen LogP contribution in [0.2, 0.25) is 0 Å². The number of benzene rings is 4. The Morgan fingerprint density at radius 3 is 2.41 bits per heavy atom. The maximum absolute atomic E-state index is 14.3. The molecular formula is C44H51NO6. The van der Waals surface area contributed by atoms with Gasteiger partial charge in [-0.2, -0.15) is 0 Å². The molecule has 0 radical (unpaired) electrons. The average molecular weight is 690 g/mol. The molecule has 0 unspecified atom stereocenters. The van der Waals surface area contributed by atoms with Crippen LogP contribution in [-0.4, -0.2) is 58.9 Å². The van der Waals surface area contributed by atoms with Crippen LogP contribution in [0.4, 0.5) is 4.79 Å². The molecule has 7 nitrogen and oxygen atoms in total. The fourth-order valence-electron chi connectivity index (χ4n) is 8.31. The van der Waals surface area contributed by atoms with Gasteiger partial charge in [-0.05, 0) is 129 Å². The second-order valence-corrected chi connectivity index (χ2v) is 14.8. The molecule has 1 saturated carbocycles. The van der Waals surface area contributed by atoms with Gasteiger partial charge in [0.1, 0.15) is 11.5 Å². The predicted molar refractivity (Wildman–Crippen MR) is 202 cm³/mol. The quantitative estimate of drug-likeness (QED) is 0.142. The van der Waals surface area contributed by atoms with Crippen molar-refractivity contribution in [3.05, 3.63) is 119 Å². The van der Waals surface area contributed by atoms with E-state index in [1.807, 2.05) is 67.6 Å². The number of nitrogens with zero attached hydrogens (tertiary/aromatic N) is 1. The van der Waals surface area contributed by atoms with Gasteiger partial charge >= 0.3 is 6.09 Å². The number of carbonyl (C=O) groups is 2. The van der Waals surface area contributed by atoms with Gasteiger partial charge in [0.25, 0.3) is 0 Å². The number of amides is 1. The number of aliphatic hydroxyl groups excluding tert-OH is 1. The van der Waals surface area contributed by atoms with Crippen molar-refractivity contribution in [1.82, 2.24) is 4.90 Å². The fraction of sp³-hybridized carbons (Fsp3) is 0.409. The van der Waals surface area contributed by atoms with E-state index in [9.17, 15) is 19.8 Å². The van der Waals surface area contributed by atoms with Crippen molar-refractivity contribution in [3.63, 3.8) is 0 Å². The summed E-state index contributed by atoms with van der Waals surface area (Å²) in [4.78, 5) is 29.8. The highest BCUT2D eigenvalue weighted by atomic mass is 16.6. The molecule has 4 atom stereocenters. The molecule has 4 aromatic rings. The number of rotatable bonds is 8. The Morgan fingerprint density at radius 2 is 1.67 bits per heavy atom. The third-order valence-electron chi connectivity index (χ3n) is 11.4. The molecule has 4 aromatic carbocycles. The predicted octanol–water partition coefficient (Wildman–Crippen LogP) is 9.03. The second-order valence-electron chi connectivity index (χ2n) is 14.8. The maximum atomic E-state index is 14.3. The number of methoxy groups -OCH3 is 1. The van der Waals surface area contributed by atoms with Crippen LogP contribution in [0.15, 0.2) is 96.6 Å². The molecule has 7 heteroatoms. The Bertz CT molecular complexity index is 1900. The standard InChI is InChI=1S/C44H51NO6/c1-5-25-45(42(48)51-37-20-14-32-10-6-7-11-34(32)28-37)29-44(49)24-22-40-38-21-13-31(26-35(46)17-12-30(2)9-8-23-43(40,44)3)27-39(38)41(47)33-15-18-36(50-4)19-16-33/h6-7,9-11,13-16,18-21,27-28,35,40,46,49H,5,8,12,17,22-26,29H2,1-4H3/t35-,40-,43-,44+/m0/s1. The van der Waals surface area contributed by atoms with E-state index in [4.69, 9.17) is 9.47 Å². The van der Waals surface area contributed by atoms with Crippen LogP contribution in [0, 0.1) is 5.41 Å². The molecule has 0 saturated heterocycles. The van der Waals surface area contributed by atoms with Gasteiger partial charge in [-0.25, -0.2) is 4.79 Å². The summed E-state index contributed by atoms with van der Waals surface area (Å²) < 4.78 is 11.3. The van der Waals surface area contributed by atoms with Gasteiger partial charge < -0.3 is 24.6 Å². The minimum absolute atomic E-state index is 0.101. The van der Waals surface area contributed by atoms with E-state index in [1.165, 1.54) is 5.57 Å². The van der Waals surface area contributed by atoms with Gasteiger partial charge in [0, 0.05) is 23.1 Å². The molecule has 3 aliphatic carbocycles. The van der Waals surface area contributed by atoms with E-state index in [-0.39, 0.29) is 18.2 Å². The molecule has 1 amide bonds. The van der Waals surface area contributed by atoms with Crippen LogP contribution in [0.1, 0.15) is 98.7 Å². The normalized spacial score (nSPS) is 23.6. The number of hydrogen-bond acceptors (Lipinski definition) is 6. The van der Waals surface area contributed by atoms with Gasteiger partial charge in [-0.1, -0.05) is 68.0 Å². The van der Waals surface area contributed by atoms with Gasteiger partial charge in [0.05, 0.1) is 25.4 Å². The lowest BCUT2D eigenvalue weighted by molar-refractivity contribution is -0.0790. The molecule has 0 spiro atoms. The van der Waals surface area contributed by atoms with E-state index >= 15 is 0 Å². The molecule has 3 aliphatic rings. The molecule has 0 aromatic heterocycles. The average Bonchev–Trinajstić information content (AvgIpc) is 3.38. The number of hydrogen-bond donors (Lipinski definition) is 2. The monoisotopic (exact) mass is 689 g/mol. The zero-order valence-electron chi connectivity index (χ0n) is 30.4. The Kier molecular flexibility index (Phi) is 11.0. The van der Waals surface area contributed by atoms with E-state index < -0.39 is 23.2 Å². The summed E-state index contributed by atoms with van der Waals surface area (Å²) in [5.41, 5.74) is 2.23. The minimum Gasteiger partial charge on any atom is -0.497 e. The fourth-order valence-corrected chi connectivity index (χ4v) is 8.31. The summed E-state index contributed by atoms with van der Waals surface area (Å²) >= 11 is 0. The largest absolute Gasteiger partial charge is 0.497 e. The first-order valence-electron chi connectivity index (χ1n) is 18.4. The summed E-state index contributed by atoms with van der Waals surface area (Å²) in [7, 11) is 1.60. The molecule has 2 N–H and O–H groups in total. The van der Waals surface area contributed by atoms with Crippen molar-refractivity contribution < 1.29 is 29.3 Å². The molecule has 51 heavy (non-hydrogen) atoms. The van der Waals surface area contributed by atoms with Crippen LogP contribution in [0.25, 0.3) is 10.8 Å². The van der Waals surface area contributed by atoms with Crippen molar-refractivity contribution in [2.45, 2.75) is 89.8 Å². The molecular weight excluding hydrogens is 638 g/mol. The number of fused-ring (bicyclic) bond motifs is 9. The van der Waals surface area contributed by atoms with E-state index in [0.717, 1.165) is 34.7 Å². The first-order chi connectivity index (χ1) is 24.5. The Labute approximate surface area is 301 Å². The summed E-state index contributed by atoms with van der Waals surface area (Å²) in [6.07, 6.45) is 6.28. The summed E-state index contributed by atoms with van der Waals surface area (Å²) in [6.45, 7) is 6.81. The summed E-state index contributed by atoms with van der Waals surface area (Å²) in [5.74, 6) is 0.880. The highest BCUT2D eigenvalue weighted by Gasteiger charge is 2.57. The number of carbonyl (C=O) groups excluding carboxylic acids is 2. The lowest BCUT2D eigenvalue weighted by atomic mass is 9.64. The van der Waals surface area contributed by atoms with Crippen LogP contribution in [0.3, 0.4) is 0 Å². The Balaban J connectivity index is 1.37. The molecule has 2 bridgehead atoms. The topological polar surface area (TPSA) is 96.3 Å². The number of ketones is 1. The summed E-state index contributed by atoms with van der Waals surface area (Å²) in [6, 6.07) is 26.7. The molecule has 7 rings (SSSR count). The van der Waals surface area contributed by atoms with Gasteiger partial charge in [0.2, 0.25) is 0 Å². The van der Waals surface area contributed by atoms with Crippen LogP contribution >= 0.6 is 0 Å². The first kappa shape index (κ1) is 36.3. The third kappa shape index (κ3) is 7.75. The highest BCUT2D eigenvalue weighted by molar-refractivity contribution is 6.10. The lowest BCUT2D eigenvalue weighted by Crippen LogP contribution is -2.54. The molecule has 1 fully saturated rings. The Morgan fingerprint density at radius 1 is 0.922 bits per heavy atom. The zero-order chi connectivity index (χ0) is 36.2. The molecule has 268 valence electrons. The van der Waals surface area contributed by atoms with Crippen molar-refractivity contribution >= 4 is 22.6 Å². The second kappa shape index (κ2) is 15.4. The molecule has 0 aliphatic heterocycles. The zero-order valence-corrected chi connectivity index (χ0v) is 30.4. The first-order valence-corrected chi connectivity index (χ1v) is 18.4. The SMILES string of the molecule is CCCN(C[C@]1(O)CC[C@H]2c3ccc(cc3C(=O)c3ccc(OC)cc3)C[C@@H](O)CCC(C)=CCC[C@@]21C)C(=O)Oc1ccc2ccccc2c1. The highest BCUT2D eigenvalue weighted by Crippen LogP contribution is 2.59. The van der Waals surface area contributed by atoms with E-state index in [1.54, 1.807) is 36.3 Å². The van der Waals surface area contributed by atoms with Gasteiger partial charge in [0.15, 0.2) is 5.78 Å². The number of ether oxygens (including phenoxy) is 2. The lowest BCUT2D eigenvalue weighted by Gasteiger charge is -2.46. The van der Waals surface area contributed by atoms with Crippen LogP contribution in [0.5, 0.6) is 11.5 Å². The van der Waals surface area contributed by atoms with Crippen molar-refractivity contribution in [2.24, 2.45) is 5.41 Å². The summed E-state index contributed by atoms with van der Waals surface area (Å²) in [5, 5.41) is 25.9. The van der Waals surface area contributed by atoms with Crippen molar-refractivity contribution in [3.8, 4) is 11.5 Å². The minimum atomic E-state index is -1.25. The van der Waals surface area contributed by atoms with Crippen molar-refractivity contribution in [1.29, 1.82) is 0 Å². The van der Waals surface area contributed by atoms with Crippen LogP contribution in [-0.2, 0) is 6.42 Å². The molecule has 0 heterocycles. The smallest absolute Gasteiger partial charge is 0.415 e. The van der Waals surface area contributed by atoms with Crippen molar-refractivity contribution in [2.75, 3.05) is 20.2 Å². The van der Waals surface area contributed by atoms with E-state index in [2.05, 4.69) is 19.9 Å². The maximum Gasteiger partial charge on any atom is 0.415 e. The van der Waals surface area contributed by atoms with E-state index in [0.29, 0.717) is 67.7 Å². The third-order valence-corrected chi connectivity index (χ3v) is 11.4. The van der Waals surface area contributed by atoms with Gasteiger partial charge in [-0.3, -0.25) is 4.79 Å². The Hall–Kier alpha value is -4.46. The number of aliphatic hydroxyl groups is 2.